The SMILES string of the molecule is COCc1cccc(CNC(=O)C(F)(F)C(F)(F)F)c1. The van der Waals surface area contributed by atoms with Crippen LogP contribution in [0, 0.1) is 0 Å². The first-order valence-electron chi connectivity index (χ1n) is 5.48. The lowest BCUT2D eigenvalue weighted by molar-refractivity contribution is -0.269. The summed E-state index contributed by atoms with van der Waals surface area (Å²) in [6.45, 7) is -0.164. The molecule has 0 unspecified atom stereocenters. The molecule has 0 aliphatic carbocycles. The molecule has 0 aliphatic rings. The Balaban J connectivity index is 2.68. The maximum absolute atomic E-state index is 12.7. The third-order valence-electron chi connectivity index (χ3n) is 2.40. The highest BCUT2D eigenvalue weighted by atomic mass is 19.4. The number of carbonyl (C=O) groups excluding carboxylic acids is 1. The van der Waals surface area contributed by atoms with Crippen molar-refractivity contribution in [2.24, 2.45) is 0 Å². The molecule has 1 amide bonds. The van der Waals surface area contributed by atoms with Crippen molar-refractivity contribution in [2.75, 3.05) is 7.11 Å². The maximum atomic E-state index is 12.7. The molecule has 0 heterocycles. The molecular weight excluding hydrogens is 285 g/mol. The Morgan fingerprint density at radius 3 is 2.35 bits per heavy atom. The van der Waals surface area contributed by atoms with Gasteiger partial charge >= 0.3 is 18.0 Å². The van der Waals surface area contributed by atoms with Gasteiger partial charge in [0, 0.05) is 13.7 Å². The van der Waals surface area contributed by atoms with Gasteiger partial charge in [0.15, 0.2) is 0 Å². The number of halogens is 5. The number of alkyl halides is 5. The van der Waals surface area contributed by atoms with Gasteiger partial charge in [-0.05, 0) is 11.1 Å². The van der Waals surface area contributed by atoms with Gasteiger partial charge < -0.3 is 10.1 Å². The number of benzene rings is 1. The molecule has 0 bridgehead atoms. The smallest absolute Gasteiger partial charge is 0.380 e. The summed E-state index contributed by atoms with van der Waals surface area (Å²) in [5.74, 6) is -7.78. The van der Waals surface area contributed by atoms with Crippen molar-refractivity contribution in [3.63, 3.8) is 0 Å². The summed E-state index contributed by atoms with van der Waals surface area (Å²) in [7, 11) is 1.46. The van der Waals surface area contributed by atoms with Gasteiger partial charge in [-0.25, -0.2) is 0 Å². The summed E-state index contributed by atoms with van der Waals surface area (Å²) < 4.78 is 66.0. The fraction of sp³-hybridized carbons (Fsp3) is 0.417. The molecule has 3 nitrogen and oxygen atoms in total. The number of ether oxygens (including phenoxy) is 1. The van der Waals surface area contributed by atoms with Gasteiger partial charge in [-0.2, -0.15) is 22.0 Å². The number of carbonyl (C=O) groups is 1. The maximum Gasteiger partial charge on any atom is 0.463 e. The number of nitrogens with one attached hydrogen (secondary N) is 1. The van der Waals surface area contributed by atoms with E-state index in [4.69, 9.17) is 4.74 Å². The Kier molecular flexibility index (Phi) is 5.04. The van der Waals surface area contributed by atoms with Crippen LogP contribution in [-0.4, -0.2) is 25.1 Å². The fourth-order valence-electron chi connectivity index (χ4n) is 1.42. The van der Waals surface area contributed by atoms with E-state index in [0.717, 1.165) is 0 Å². The number of methoxy groups -OCH3 is 1. The Bertz CT molecular complexity index is 473. The highest BCUT2D eigenvalue weighted by Gasteiger charge is 2.63. The molecule has 1 N–H and O–H groups in total. The second-order valence-corrected chi connectivity index (χ2v) is 4.01. The first kappa shape index (κ1) is 16.4. The van der Waals surface area contributed by atoms with Crippen molar-refractivity contribution in [1.29, 1.82) is 0 Å². The minimum absolute atomic E-state index is 0.264. The Labute approximate surface area is 111 Å². The zero-order valence-electron chi connectivity index (χ0n) is 10.4. The number of hydrogen-bond acceptors (Lipinski definition) is 2. The minimum atomic E-state index is -5.91. The third kappa shape index (κ3) is 3.89. The van der Waals surface area contributed by atoms with Crippen molar-refractivity contribution in [3.05, 3.63) is 35.4 Å². The van der Waals surface area contributed by atoms with Crippen LogP contribution >= 0.6 is 0 Å². The van der Waals surface area contributed by atoms with Crippen molar-refractivity contribution in [3.8, 4) is 0 Å². The van der Waals surface area contributed by atoms with E-state index >= 15 is 0 Å². The molecule has 0 radical (unpaired) electrons. The van der Waals surface area contributed by atoms with Gasteiger partial charge in [0.2, 0.25) is 0 Å². The number of rotatable bonds is 5. The second kappa shape index (κ2) is 6.17. The van der Waals surface area contributed by atoms with Gasteiger partial charge in [0.05, 0.1) is 6.61 Å². The lowest BCUT2D eigenvalue weighted by Crippen LogP contribution is -2.50. The van der Waals surface area contributed by atoms with Crippen molar-refractivity contribution in [1.82, 2.24) is 5.32 Å². The average molecular weight is 297 g/mol. The predicted octanol–water partition coefficient (Wildman–Crippen LogP) is 2.65. The van der Waals surface area contributed by atoms with Crippen LogP contribution in [0.2, 0.25) is 0 Å². The molecule has 8 heteroatoms. The summed E-state index contributed by atoms with van der Waals surface area (Å²) in [4.78, 5) is 10.9. The summed E-state index contributed by atoms with van der Waals surface area (Å²) >= 11 is 0. The Hall–Kier alpha value is -1.70. The van der Waals surface area contributed by atoms with E-state index < -0.39 is 24.6 Å². The molecular formula is C12H12F5NO2. The molecule has 0 atom stereocenters. The summed E-state index contributed by atoms with van der Waals surface area (Å²) in [6.07, 6.45) is -5.91. The molecule has 1 rings (SSSR count). The summed E-state index contributed by atoms with van der Waals surface area (Å²) in [5, 5.41) is 1.57. The fourth-order valence-corrected chi connectivity index (χ4v) is 1.42. The van der Waals surface area contributed by atoms with Crippen LogP contribution in [0.1, 0.15) is 11.1 Å². The molecule has 1 aromatic carbocycles. The zero-order chi connectivity index (χ0) is 15.4. The first-order valence-corrected chi connectivity index (χ1v) is 5.48. The molecule has 20 heavy (non-hydrogen) atoms. The van der Waals surface area contributed by atoms with Crippen LogP contribution in [0.4, 0.5) is 22.0 Å². The van der Waals surface area contributed by atoms with Crippen LogP contribution in [0.15, 0.2) is 24.3 Å². The van der Waals surface area contributed by atoms with Crippen molar-refractivity contribution in [2.45, 2.75) is 25.3 Å². The largest absolute Gasteiger partial charge is 0.463 e. The summed E-state index contributed by atoms with van der Waals surface area (Å²) in [5.41, 5.74) is 1.10. The van der Waals surface area contributed by atoms with Crippen LogP contribution in [-0.2, 0) is 22.7 Å². The van der Waals surface area contributed by atoms with Crippen molar-refractivity contribution < 1.29 is 31.5 Å². The molecule has 0 saturated carbocycles. The molecule has 0 aliphatic heterocycles. The Morgan fingerprint density at radius 1 is 1.20 bits per heavy atom. The quantitative estimate of drug-likeness (QED) is 0.849. The third-order valence-corrected chi connectivity index (χ3v) is 2.40. The van der Waals surface area contributed by atoms with Crippen LogP contribution in [0.5, 0.6) is 0 Å². The van der Waals surface area contributed by atoms with E-state index in [9.17, 15) is 26.7 Å². The zero-order valence-corrected chi connectivity index (χ0v) is 10.4. The lowest BCUT2D eigenvalue weighted by Gasteiger charge is -2.18. The van der Waals surface area contributed by atoms with E-state index in [1.54, 1.807) is 17.4 Å². The van der Waals surface area contributed by atoms with Crippen LogP contribution < -0.4 is 5.32 Å². The highest BCUT2D eigenvalue weighted by Crippen LogP contribution is 2.35. The summed E-state index contributed by atoms with van der Waals surface area (Å²) in [6, 6.07) is 6.30. The average Bonchev–Trinajstić information content (AvgIpc) is 2.35. The van der Waals surface area contributed by atoms with Gasteiger partial charge in [-0.3, -0.25) is 4.79 Å². The Morgan fingerprint density at radius 2 is 1.80 bits per heavy atom. The van der Waals surface area contributed by atoms with Gasteiger partial charge in [0.1, 0.15) is 0 Å². The lowest BCUT2D eigenvalue weighted by atomic mass is 10.1. The van der Waals surface area contributed by atoms with E-state index in [0.29, 0.717) is 11.1 Å². The molecule has 1 aromatic rings. The normalized spacial score (nSPS) is 12.3. The van der Waals surface area contributed by atoms with Crippen LogP contribution in [0.3, 0.4) is 0 Å². The van der Waals surface area contributed by atoms with E-state index in [1.807, 2.05) is 0 Å². The second-order valence-electron chi connectivity index (χ2n) is 4.01. The van der Waals surface area contributed by atoms with Crippen LogP contribution in [0.25, 0.3) is 0 Å². The molecule has 0 spiro atoms. The molecule has 0 fully saturated rings. The van der Waals surface area contributed by atoms with E-state index in [2.05, 4.69) is 0 Å². The topological polar surface area (TPSA) is 38.3 Å². The predicted molar refractivity (Wildman–Crippen MR) is 60.0 cm³/mol. The minimum Gasteiger partial charge on any atom is -0.380 e. The number of amides is 1. The number of hydrogen-bond donors (Lipinski definition) is 1. The van der Waals surface area contributed by atoms with Gasteiger partial charge in [-0.15, -0.1) is 0 Å². The van der Waals surface area contributed by atoms with E-state index in [-0.39, 0.29) is 6.61 Å². The standard InChI is InChI=1S/C12H12F5NO2/c1-20-7-9-4-2-3-8(5-9)6-18-10(19)11(13,14)12(15,16)17/h2-5H,6-7H2,1H3,(H,18,19). The molecule has 112 valence electrons. The first-order chi connectivity index (χ1) is 9.18. The monoisotopic (exact) mass is 297 g/mol. The molecule has 0 aromatic heterocycles. The highest BCUT2D eigenvalue weighted by molar-refractivity contribution is 5.84. The van der Waals surface area contributed by atoms with E-state index in [1.165, 1.54) is 19.2 Å². The molecule has 0 saturated heterocycles. The van der Waals surface area contributed by atoms with Crippen molar-refractivity contribution >= 4 is 5.91 Å². The van der Waals surface area contributed by atoms with Gasteiger partial charge in [-0.1, -0.05) is 24.3 Å². The van der Waals surface area contributed by atoms with Gasteiger partial charge in [0.25, 0.3) is 0 Å².